The fourth-order valence-electron chi connectivity index (χ4n) is 5.19. The second kappa shape index (κ2) is 18.1. The second-order valence-corrected chi connectivity index (χ2v) is 12.2. The Labute approximate surface area is 287 Å². The topological polar surface area (TPSA) is 152 Å². The van der Waals surface area contributed by atoms with E-state index < -0.39 is 47.6 Å². The van der Waals surface area contributed by atoms with Crippen LogP contribution in [0.1, 0.15) is 127 Å². The molecule has 0 aliphatic carbocycles. The number of esters is 4. The monoisotopic (exact) mass is 680 g/mol. The first-order valence-electron chi connectivity index (χ1n) is 16.4. The quantitative estimate of drug-likeness (QED) is 0.0808. The van der Waals surface area contributed by atoms with Crippen LogP contribution in [0.5, 0.6) is 23.0 Å². The van der Waals surface area contributed by atoms with E-state index in [-0.39, 0.29) is 57.4 Å². The zero-order chi connectivity index (χ0) is 37.2. The van der Waals surface area contributed by atoms with Crippen molar-refractivity contribution < 1.29 is 47.3 Å². The van der Waals surface area contributed by atoms with E-state index in [2.05, 4.69) is 6.08 Å². The molecular formula is C38H48O11. The summed E-state index contributed by atoms with van der Waals surface area (Å²) in [6.45, 7) is 17.4. The third-order valence-corrected chi connectivity index (χ3v) is 7.76. The van der Waals surface area contributed by atoms with Gasteiger partial charge in [-0.1, -0.05) is 44.1 Å². The predicted octanol–water partition coefficient (Wildman–Crippen LogP) is 7.27. The Balaban J connectivity index is 3.26. The Hall–Kier alpha value is -4.80. The Kier molecular flexibility index (Phi) is 14.9. The number of ether oxygens (including phenoxy) is 4. The number of carbonyl (C=O) groups excluding carboxylic acids is 5. The van der Waals surface area contributed by atoms with Gasteiger partial charge in [0.2, 0.25) is 0 Å². The molecular weight excluding hydrogens is 632 g/mol. The zero-order valence-electron chi connectivity index (χ0n) is 30.5. The average molecular weight is 681 g/mol. The highest BCUT2D eigenvalue weighted by molar-refractivity contribution is 6.05. The van der Waals surface area contributed by atoms with Crippen molar-refractivity contribution in [1.82, 2.24) is 0 Å². The minimum Gasteiger partial charge on any atom is -0.427 e. The maximum Gasteiger partial charge on any atom is 0.343 e. The van der Waals surface area contributed by atoms with Crippen LogP contribution in [-0.4, -0.2) is 29.7 Å². The van der Waals surface area contributed by atoms with Crippen molar-refractivity contribution >= 4 is 29.7 Å². The van der Waals surface area contributed by atoms with Gasteiger partial charge in [-0.25, -0.2) is 4.79 Å². The van der Waals surface area contributed by atoms with Crippen LogP contribution >= 0.6 is 0 Å². The summed E-state index contributed by atoms with van der Waals surface area (Å²) in [6, 6.07) is 0. The molecule has 0 spiro atoms. The fourth-order valence-corrected chi connectivity index (χ4v) is 5.19. The van der Waals surface area contributed by atoms with E-state index in [0.29, 0.717) is 24.8 Å². The number of hydrogen-bond acceptors (Lipinski definition) is 11. The van der Waals surface area contributed by atoms with Gasteiger partial charge < -0.3 is 23.4 Å². The molecule has 1 aromatic carbocycles. The highest BCUT2D eigenvalue weighted by Crippen LogP contribution is 2.47. The van der Waals surface area contributed by atoms with E-state index >= 15 is 0 Å². The molecule has 49 heavy (non-hydrogen) atoms. The highest BCUT2D eigenvalue weighted by Gasteiger charge is 2.35. The average Bonchev–Trinajstić information content (AvgIpc) is 2.99. The van der Waals surface area contributed by atoms with Crippen LogP contribution in [0.3, 0.4) is 0 Å². The molecule has 11 nitrogen and oxygen atoms in total. The molecule has 1 aromatic heterocycles. The number of allylic oxidation sites excluding steroid dienone is 4. The summed E-state index contributed by atoms with van der Waals surface area (Å²) >= 11 is 0. The number of carbonyl (C=O) groups is 5. The van der Waals surface area contributed by atoms with Gasteiger partial charge in [-0.05, 0) is 53.4 Å². The molecule has 2 aromatic rings. The van der Waals surface area contributed by atoms with Gasteiger partial charge in [-0.2, -0.15) is 0 Å². The van der Waals surface area contributed by atoms with Crippen LogP contribution in [0.15, 0.2) is 32.5 Å². The van der Waals surface area contributed by atoms with Crippen LogP contribution in [-0.2, 0) is 38.4 Å². The first-order chi connectivity index (χ1) is 22.9. The van der Waals surface area contributed by atoms with Crippen molar-refractivity contribution in [3.63, 3.8) is 0 Å². The van der Waals surface area contributed by atoms with Crippen LogP contribution in [0.4, 0.5) is 0 Å². The highest BCUT2D eigenvalue weighted by atomic mass is 16.6. The van der Waals surface area contributed by atoms with Crippen molar-refractivity contribution in [2.24, 2.45) is 5.92 Å². The Morgan fingerprint density at radius 1 is 0.714 bits per heavy atom. The van der Waals surface area contributed by atoms with Gasteiger partial charge in [0, 0.05) is 63.1 Å². The standard InChI is InChI=1S/C38H48O11/c1-12-22(6)33(43)32-36(47-26(10)41)28(18-17-21(5)16-14-15-20(3)4)35(46-25(9)40)29(37(32)48-27(11)42)19-30-34(45-24(8)39)23(7)31(13-2)49-38(30)44/h15,17,22H,12-14,16,18-19H2,1-11H3/b21-17+/t22-/m1/s1. The van der Waals surface area contributed by atoms with Crippen LogP contribution < -0.4 is 24.6 Å². The lowest BCUT2D eigenvalue weighted by molar-refractivity contribution is -0.133. The minimum atomic E-state index is -0.850. The fraction of sp³-hybridized carbons (Fsp3) is 0.474. The molecule has 2 rings (SSSR count). The third kappa shape index (κ3) is 10.9. The number of ketones is 1. The molecule has 0 fully saturated rings. The van der Waals surface area contributed by atoms with Crippen molar-refractivity contribution in [3.05, 3.63) is 67.3 Å². The third-order valence-electron chi connectivity index (χ3n) is 7.76. The molecule has 0 amide bonds. The lowest BCUT2D eigenvalue weighted by Gasteiger charge is -2.25. The van der Waals surface area contributed by atoms with E-state index in [0.717, 1.165) is 32.8 Å². The van der Waals surface area contributed by atoms with Gasteiger partial charge in [0.25, 0.3) is 0 Å². The van der Waals surface area contributed by atoms with E-state index in [1.54, 1.807) is 27.7 Å². The zero-order valence-corrected chi connectivity index (χ0v) is 30.5. The summed E-state index contributed by atoms with van der Waals surface area (Å²) in [5.74, 6) is -4.78. The molecule has 11 heteroatoms. The first-order valence-corrected chi connectivity index (χ1v) is 16.4. The molecule has 1 heterocycles. The molecule has 0 aliphatic heterocycles. The first kappa shape index (κ1) is 40.4. The smallest absolute Gasteiger partial charge is 0.343 e. The number of Topliss-reactive ketones (excluding diaryl/α,β-unsaturated/α-hetero) is 1. The predicted molar refractivity (Wildman–Crippen MR) is 183 cm³/mol. The summed E-state index contributed by atoms with van der Waals surface area (Å²) in [5.41, 5.74) is 1.39. The SMILES string of the molecule is CCc1oc(=O)c(Cc2c(OC(C)=O)c(C/C=C(\C)CCC=C(C)C)c(OC(C)=O)c(C(=O)[C@H](C)CC)c2OC(C)=O)c(OC(C)=O)c1C. The Morgan fingerprint density at radius 3 is 1.71 bits per heavy atom. The van der Waals surface area contributed by atoms with Gasteiger partial charge in [0.1, 0.15) is 22.8 Å². The van der Waals surface area contributed by atoms with E-state index in [9.17, 15) is 28.8 Å². The maximum absolute atomic E-state index is 14.2. The molecule has 0 unspecified atom stereocenters. The Bertz CT molecular complexity index is 1730. The number of benzene rings is 1. The number of hydrogen-bond donors (Lipinski definition) is 0. The van der Waals surface area contributed by atoms with Crippen LogP contribution in [0.2, 0.25) is 0 Å². The molecule has 0 aliphatic rings. The molecule has 0 radical (unpaired) electrons. The van der Waals surface area contributed by atoms with E-state index in [1.165, 1.54) is 12.5 Å². The van der Waals surface area contributed by atoms with Gasteiger partial charge in [-0.15, -0.1) is 0 Å². The summed E-state index contributed by atoms with van der Waals surface area (Å²) in [5, 5.41) is 0. The van der Waals surface area contributed by atoms with Crippen molar-refractivity contribution in [3.8, 4) is 23.0 Å². The summed E-state index contributed by atoms with van der Waals surface area (Å²) in [7, 11) is 0. The van der Waals surface area contributed by atoms with Crippen molar-refractivity contribution in [2.75, 3.05) is 0 Å². The van der Waals surface area contributed by atoms with Crippen LogP contribution in [0.25, 0.3) is 0 Å². The molecule has 0 saturated carbocycles. The summed E-state index contributed by atoms with van der Waals surface area (Å²) in [4.78, 5) is 77.9. The number of rotatable bonds is 15. The van der Waals surface area contributed by atoms with Crippen molar-refractivity contribution in [2.45, 2.75) is 115 Å². The lowest BCUT2D eigenvalue weighted by Crippen LogP contribution is -2.22. The molecule has 0 N–H and O–H groups in total. The van der Waals surface area contributed by atoms with Gasteiger partial charge >= 0.3 is 29.5 Å². The van der Waals surface area contributed by atoms with Crippen molar-refractivity contribution in [1.29, 1.82) is 0 Å². The summed E-state index contributed by atoms with van der Waals surface area (Å²) in [6.07, 6.45) is 5.70. The molecule has 1 atom stereocenters. The maximum atomic E-state index is 14.2. The molecule has 266 valence electrons. The van der Waals surface area contributed by atoms with Gasteiger partial charge in [-0.3, -0.25) is 24.0 Å². The lowest BCUT2D eigenvalue weighted by atomic mass is 9.88. The van der Waals surface area contributed by atoms with Crippen LogP contribution in [0, 0.1) is 12.8 Å². The minimum absolute atomic E-state index is 0.0270. The van der Waals surface area contributed by atoms with Gasteiger partial charge in [0.05, 0.1) is 5.56 Å². The number of aryl methyl sites for hydroxylation is 1. The van der Waals surface area contributed by atoms with E-state index in [4.69, 9.17) is 23.4 Å². The molecule has 0 saturated heterocycles. The second-order valence-electron chi connectivity index (χ2n) is 12.2. The molecule has 0 bridgehead atoms. The van der Waals surface area contributed by atoms with Gasteiger partial charge in [0.15, 0.2) is 17.3 Å². The van der Waals surface area contributed by atoms with E-state index in [1.807, 2.05) is 26.8 Å². The normalized spacial score (nSPS) is 11.8. The summed E-state index contributed by atoms with van der Waals surface area (Å²) < 4.78 is 28.3. The largest absolute Gasteiger partial charge is 0.427 e. The Morgan fingerprint density at radius 2 is 1.22 bits per heavy atom.